The third-order valence-electron chi connectivity index (χ3n) is 0.818. The molecule has 0 rings (SSSR count). The largest absolute Gasteiger partial charge is 0.273 e. The molecule has 5 heteroatoms. The van der Waals surface area contributed by atoms with Crippen molar-refractivity contribution in [2.24, 2.45) is 4.99 Å². The van der Waals surface area contributed by atoms with E-state index in [-0.39, 0.29) is 5.75 Å². The van der Waals surface area contributed by atoms with E-state index >= 15 is 0 Å². The summed E-state index contributed by atoms with van der Waals surface area (Å²) >= 11 is 0. The molecule has 0 aromatic rings. The molecule has 0 saturated carbocycles. The lowest BCUT2D eigenvalue weighted by molar-refractivity contribution is 0.607. The highest BCUT2D eigenvalue weighted by atomic mass is 32.2. The molecule has 0 unspecified atom stereocenters. The van der Waals surface area contributed by atoms with Crippen molar-refractivity contribution in [2.45, 2.75) is 6.92 Å². The van der Waals surface area contributed by atoms with Gasteiger partial charge in [0, 0.05) is 0 Å². The summed E-state index contributed by atoms with van der Waals surface area (Å²) in [6, 6.07) is 0. The Morgan fingerprint density at radius 3 is 2.33 bits per heavy atom. The molecule has 0 aromatic carbocycles. The minimum atomic E-state index is -3.39. The third-order valence-corrected chi connectivity index (χ3v) is 2.30. The van der Waals surface area contributed by atoms with Crippen LogP contribution in [0.1, 0.15) is 6.92 Å². The summed E-state index contributed by atoms with van der Waals surface area (Å²) in [6.07, 6.45) is 0. The Hall–Kier alpha value is -0.710. The normalized spacial score (nSPS) is 10.8. The van der Waals surface area contributed by atoms with Gasteiger partial charge in [-0.3, -0.25) is 5.41 Å². The maximum Gasteiger partial charge on any atom is 0.239 e. The van der Waals surface area contributed by atoms with E-state index in [1.54, 1.807) is 0 Å². The quantitative estimate of drug-likeness (QED) is 0.422. The molecule has 1 N–H and O–H groups in total. The second-order valence-electron chi connectivity index (χ2n) is 1.37. The molecule has 0 aliphatic rings. The lowest BCUT2D eigenvalue weighted by Crippen LogP contribution is -2.12. The smallest absolute Gasteiger partial charge is 0.239 e. The summed E-state index contributed by atoms with van der Waals surface area (Å²) in [6.45, 7) is 4.37. The maximum atomic E-state index is 10.6. The fraction of sp³-hybridized carbons (Fsp3) is 0.500. The molecule has 0 radical (unpaired) electrons. The number of rotatable bonds is 1. The van der Waals surface area contributed by atoms with E-state index in [4.69, 9.17) is 5.41 Å². The van der Waals surface area contributed by atoms with Crippen LogP contribution >= 0.6 is 0 Å². The van der Waals surface area contributed by atoms with Gasteiger partial charge in [-0.05, 0) is 6.72 Å². The first kappa shape index (κ1) is 8.29. The highest BCUT2D eigenvalue weighted by Gasteiger charge is 2.11. The Kier molecular flexibility index (Phi) is 2.51. The lowest BCUT2D eigenvalue weighted by Gasteiger charge is -1.92. The molecule has 0 spiro atoms. The summed E-state index contributed by atoms with van der Waals surface area (Å²) in [5.41, 5.74) is 0. The van der Waals surface area contributed by atoms with Gasteiger partial charge in [-0.15, -0.1) is 0 Å². The Morgan fingerprint density at radius 1 is 1.78 bits per heavy atom. The Bertz CT molecular complexity index is 217. The van der Waals surface area contributed by atoms with Gasteiger partial charge in [0.15, 0.2) is 0 Å². The molecular formula is C4H8N2O2S. The first-order valence-corrected chi connectivity index (χ1v) is 3.98. The molecule has 4 nitrogen and oxygen atoms in total. The monoisotopic (exact) mass is 148 g/mol. The van der Waals surface area contributed by atoms with Crippen LogP contribution in [0, 0.1) is 5.41 Å². The lowest BCUT2D eigenvalue weighted by atomic mass is 11.0. The van der Waals surface area contributed by atoms with Gasteiger partial charge in [-0.25, -0.2) is 13.4 Å². The standard InChI is InChI=1S/C4H8N2O2S/c1-3-9(7,8)4(5)6-2/h5H,2-3H2,1H3. The van der Waals surface area contributed by atoms with Gasteiger partial charge in [-0.1, -0.05) is 6.92 Å². The molecular weight excluding hydrogens is 140 g/mol. The molecule has 9 heavy (non-hydrogen) atoms. The van der Waals surface area contributed by atoms with Crippen molar-refractivity contribution in [2.75, 3.05) is 5.75 Å². The molecule has 0 amide bonds. The average molecular weight is 148 g/mol. The number of sulfone groups is 1. The van der Waals surface area contributed by atoms with Crippen LogP contribution in [0.5, 0.6) is 0 Å². The Labute approximate surface area is 54.0 Å². The molecule has 52 valence electrons. The van der Waals surface area contributed by atoms with Gasteiger partial charge in [0.25, 0.3) is 0 Å². The predicted molar refractivity (Wildman–Crippen MR) is 36.7 cm³/mol. The molecule has 0 saturated heterocycles. The van der Waals surface area contributed by atoms with Crippen LogP contribution in [-0.4, -0.2) is 26.1 Å². The zero-order chi connectivity index (χ0) is 7.49. The average Bonchev–Trinajstić information content (AvgIpc) is 1.86. The molecule has 0 bridgehead atoms. The van der Waals surface area contributed by atoms with E-state index in [0.717, 1.165) is 0 Å². The summed E-state index contributed by atoms with van der Waals surface area (Å²) in [5.74, 6) is -0.0924. The summed E-state index contributed by atoms with van der Waals surface area (Å²) < 4.78 is 21.1. The number of amidine groups is 1. The molecule has 0 heterocycles. The Morgan fingerprint density at radius 2 is 2.22 bits per heavy atom. The van der Waals surface area contributed by atoms with E-state index in [9.17, 15) is 8.42 Å². The van der Waals surface area contributed by atoms with E-state index in [2.05, 4.69) is 11.7 Å². The minimum absolute atomic E-state index is 0.0924. The minimum Gasteiger partial charge on any atom is -0.273 e. The molecule has 0 aromatic heterocycles. The van der Waals surface area contributed by atoms with Crippen LogP contribution in [0.15, 0.2) is 4.99 Å². The van der Waals surface area contributed by atoms with Crippen LogP contribution in [0.3, 0.4) is 0 Å². The van der Waals surface area contributed by atoms with Gasteiger partial charge in [0.1, 0.15) is 0 Å². The number of hydrogen-bond donors (Lipinski definition) is 1. The number of aliphatic imine (C=N–C) groups is 1. The first-order chi connectivity index (χ1) is 4.04. The second kappa shape index (κ2) is 2.72. The van der Waals surface area contributed by atoms with Crippen molar-refractivity contribution in [3.63, 3.8) is 0 Å². The van der Waals surface area contributed by atoms with Crippen LogP contribution in [0.4, 0.5) is 0 Å². The van der Waals surface area contributed by atoms with Gasteiger partial charge in [-0.2, -0.15) is 0 Å². The van der Waals surface area contributed by atoms with Crippen LogP contribution in [0.2, 0.25) is 0 Å². The van der Waals surface area contributed by atoms with Crippen LogP contribution in [0.25, 0.3) is 0 Å². The topological polar surface area (TPSA) is 70.3 Å². The predicted octanol–water partition coefficient (Wildman–Crippen LogP) is 0.0565. The number of hydrogen-bond acceptors (Lipinski definition) is 3. The zero-order valence-corrected chi connectivity index (χ0v) is 5.90. The van der Waals surface area contributed by atoms with E-state index in [0.29, 0.717) is 0 Å². The van der Waals surface area contributed by atoms with Gasteiger partial charge < -0.3 is 0 Å². The number of nitrogens with zero attached hydrogens (tertiary/aromatic N) is 1. The van der Waals surface area contributed by atoms with Crippen molar-refractivity contribution in [1.82, 2.24) is 0 Å². The van der Waals surface area contributed by atoms with Crippen LogP contribution < -0.4 is 0 Å². The Balaban J connectivity index is 4.56. The summed E-state index contributed by atoms with van der Waals surface area (Å²) in [4.78, 5) is 2.98. The SMILES string of the molecule is C=NC(=N)S(=O)(=O)CC. The molecule has 0 aliphatic carbocycles. The summed E-state index contributed by atoms with van der Waals surface area (Å²) in [5, 5.41) is 6.07. The van der Waals surface area contributed by atoms with Crippen molar-refractivity contribution >= 4 is 21.7 Å². The second-order valence-corrected chi connectivity index (χ2v) is 3.56. The van der Waals surface area contributed by atoms with Crippen molar-refractivity contribution in [3.05, 3.63) is 0 Å². The van der Waals surface area contributed by atoms with Gasteiger partial charge in [0.05, 0.1) is 5.75 Å². The highest BCUT2D eigenvalue weighted by molar-refractivity contribution is 8.06. The van der Waals surface area contributed by atoms with E-state index in [1.165, 1.54) is 6.92 Å². The molecule has 0 atom stereocenters. The highest BCUT2D eigenvalue weighted by Crippen LogP contribution is 1.91. The fourth-order valence-electron chi connectivity index (χ4n) is 0.235. The van der Waals surface area contributed by atoms with E-state index < -0.39 is 15.0 Å². The maximum absolute atomic E-state index is 10.6. The summed E-state index contributed by atoms with van der Waals surface area (Å²) in [7, 11) is -3.39. The first-order valence-electron chi connectivity index (χ1n) is 2.32. The number of nitrogens with one attached hydrogen (secondary N) is 1. The zero-order valence-electron chi connectivity index (χ0n) is 5.09. The molecule has 0 fully saturated rings. The third kappa shape index (κ3) is 1.93. The van der Waals surface area contributed by atoms with Gasteiger partial charge in [0.2, 0.25) is 15.0 Å². The fourth-order valence-corrected chi connectivity index (χ4v) is 0.705. The molecule has 0 aliphatic heterocycles. The van der Waals surface area contributed by atoms with Crippen molar-refractivity contribution < 1.29 is 8.42 Å². The van der Waals surface area contributed by atoms with Crippen molar-refractivity contribution in [1.29, 1.82) is 5.41 Å². The van der Waals surface area contributed by atoms with E-state index in [1.807, 2.05) is 0 Å². The van der Waals surface area contributed by atoms with Gasteiger partial charge >= 0.3 is 0 Å². The van der Waals surface area contributed by atoms with Crippen molar-refractivity contribution in [3.8, 4) is 0 Å². The van der Waals surface area contributed by atoms with Crippen LogP contribution in [-0.2, 0) is 9.84 Å².